The van der Waals surface area contributed by atoms with E-state index in [1.165, 1.54) is 6.20 Å². The number of carbonyl (C=O) groups is 1. The predicted octanol–water partition coefficient (Wildman–Crippen LogP) is 3.21. The van der Waals surface area contributed by atoms with Gasteiger partial charge in [-0.15, -0.1) is 0 Å². The van der Waals surface area contributed by atoms with Gasteiger partial charge in [0.05, 0.1) is 28.6 Å². The normalized spacial score (nSPS) is 10.1. The van der Waals surface area contributed by atoms with E-state index >= 15 is 0 Å². The number of nitrogens with one attached hydrogen (secondary N) is 1. The van der Waals surface area contributed by atoms with Crippen LogP contribution in [0.4, 0.5) is 5.69 Å². The minimum absolute atomic E-state index is 0.281. The van der Waals surface area contributed by atoms with Crippen LogP contribution in [-0.4, -0.2) is 14.7 Å². The highest BCUT2D eigenvalue weighted by Gasteiger charge is 2.10. The molecule has 16 heavy (non-hydrogen) atoms. The second-order valence-corrected chi connectivity index (χ2v) is 4.75. The summed E-state index contributed by atoms with van der Waals surface area (Å²) in [6, 6.07) is 5.21. The van der Waals surface area contributed by atoms with Gasteiger partial charge in [0.1, 0.15) is 0 Å². The van der Waals surface area contributed by atoms with E-state index < -0.39 is 0 Å². The van der Waals surface area contributed by atoms with Crippen molar-refractivity contribution in [3.05, 3.63) is 39.6 Å². The van der Waals surface area contributed by atoms with Crippen LogP contribution in [0.1, 0.15) is 10.5 Å². The second kappa shape index (κ2) is 4.90. The van der Waals surface area contributed by atoms with Gasteiger partial charge < -0.3 is 5.32 Å². The minimum atomic E-state index is -0.321. The van der Waals surface area contributed by atoms with Gasteiger partial charge in [0.2, 0.25) is 0 Å². The molecule has 4 nitrogen and oxygen atoms in total. The highest BCUT2D eigenvalue weighted by molar-refractivity contribution is 9.10. The Bertz CT molecular complexity index is 517. The first-order chi connectivity index (χ1) is 7.66. The molecule has 1 aromatic carbocycles. The van der Waals surface area contributed by atoms with Crippen LogP contribution in [0.5, 0.6) is 0 Å². The van der Waals surface area contributed by atoms with Gasteiger partial charge in [0.25, 0.3) is 5.91 Å². The fourth-order valence-electron chi connectivity index (χ4n) is 1.04. The van der Waals surface area contributed by atoms with Gasteiger partial charge in [-0.3, -0.25) is 4.79 Å². The number of anilines is 1. The van der Waals surface area contributed by atoms with Gasteiger partial charge in [-0.25, -0.2) is 0 Å². The van der Waals surface area contributed by atoms with E-state index in [4.69, 9.17) is 11.6 Å². The number of carbonyl (C=O) groups excluding carboxylic acids is 1. The van der Waals surface area contributed by atoms with Crippen LogP contribution in [0.15, 0.2) is 28.9 Å². The number of rotatable bonds is 2. The minimum Gasteiger partial charge on any atom is -0.319 e. The lowest BCUT2D eigenvalue weighted by atomic mass is 10.3. The number of hydrogen-bond acceptors (Lipinski definition) is 4. The summed E-state index contributed by atoms with van der Waals surface area (Å²) < 4.78 is 8.43. The summed E-state index contributed by atoms with van der Waals surface area (Å²) in [4.78, 5) is 11.6. The maximum absolute atomic E-state index is 11.6. The Morgan fingerprint density at radius 1 is 1.50 bits per heavy atom. The standard InChI is InChI=1S/C9H5BrClN3OS/c10-5-1-2-7(6(11)3-5)13-9(15)8-4-12-16-14-8/h1-4H,(H,13,15). The van der Waals surface area contributed by atoms with Crippen molar-refractivity contribution in [1.82, 2.24) is 8.75 Å². The Balaban J connectivity index is 2.18. The van der Waals surface area contributed by atoms with Gasteiger partial charge in [0.15, 0.2) is 5.69 Å². The Morgan fingerprint density at radius 2 is 2.31 bits per heavy atom. The highest BCUT2D eigenvalue weighted by atomic mass is 79.9. The van der Waals surface area contributed by atoms with Crippen LogP contribution in [0.3, 0.4) is 0 Å². The lowest BCUT2D eigenvalue weighted by Crippen LogP contribution is -2.12. The maximum Gasteiger partial charge on any atom is 0.277 e. The van der Waals surface area contributed by atoms with E-state index in [9.17, 15) is 4.79 Å². The quantitative estimate of drug-likeness (QED) is 0.925. The van der Waals surface area contributed by atoms with Crippen LogP contribution in [-0.2, 0) is 0 Å². The van der Waals surface area contributed by atoms with E-state index in [0.717, 1.165) is 16.2 Å². The average Bonchev–Trinajstić information content (AvgIpc) is 2.75. The third kappa shape index (κ3) is 2.58. The molecule has 2 aromatic rings. The molecule has 0 atom stereocenters. The molecule has 0 saturated heterocycles. The first-order valence-corrected chi connectivity index (χ1v) is 6.11. The molecule has 0 radical (unpaired) electrons. The zero-order valence-corrected chi connectivity index (χ0v) is 10.9. The van der Waals surface area contributed by atoms with Crippen LogP contribution in [0, 0.1) is 0 Å². The van der Waals surface area contributed by atoms with Crippen LogP contribution >= 0.6 is 39.3 Å². The van der Waals surface area contributed by atoms with Crippen molar-refractivity contribution in [2.45, 2.75) is 0 Å². The molecule has 0 bridgehead atoms. The highest BCUT2D eigenvalue weighted by Crippen LogP contribution is 2.25. The average molecular weight is 319 g/mol. The van der Waals surface area contributed by atoms with E-state index in [1.807, 2.05) is 0 Å². The van der Waals surface area contributed by atoms with Crippen molar-refractivity contribution >= 4 is 50.9 Å². The van der Waals surface area contributed by atoms with Gasteiger partial charge in [-0.05, 0) is 18.2 Å². The molecule has 2 rings (SSSR count). The van der Waals surface area contributed by atoms with Crippen molar-refractivity contribution in [1.29, 1.82) is 0 Å². The lowest BCUT2D eigenvalue weighted by Gasteiger charge is -2.05. The fourth-order valence-corrected chi connectivity index (χ4v) is 2.17. The number of aromatic nitrogens is 2. The number of hydrogen-bond donors (Lipinski definition) is 1. The fraction of sp³-hybridized carbons (Fsp3) is 0. The molecule has 1 N–H and O–H groups in total. The van der Waals surface area contributed by atoms with Gasteiger partial charge in [-0.1, -0.05) is 27.5 Å². The van der Waals surface area contributed by atoms with E-state index in [0.29, 0.717) is 10.7 Å². The number of halogens is 2. The molecule has 0 aliphatic rings. The largest absolute Gasteiger partial charge is 0.319 e. The summed E-state index contributed by atoms with van der Waals surface area (Å²) >= 11 is 10.2. The third-order valence-corrected chi connectivity index (χ3v) is 3.06. The molecule has 0 fully saturated rings. The summed E-state index contributed by atoms with van der Waals surface area (Å²) in [6.45, 7) is 0. The molecule has 1 heterocycles. The van der Waals surface area contributed by atoms with Crippen molar-refractivity contribution in [2.24, 2.45) is 0 Å². The molecule has 0 saturated carbocycles. The van der Waals surface area contributed by atoms with Gasteiger partial charge in [-0.2, -0.15) is 8.75 Å². The molecule has 0 aliphatic heterocycles. The first kappa shape index (κ1) is 11.5. The van der Waals surface area contributed by atoms with E-state index in [2.05, 4.69) is 30.0 Å². The molecular weight excluding hydrogens is 314 g/mol. The van der Waals surface area contributed by atoms with Crippen LogP contribution in [0.25, 0.3) is 0 Å². The molecule has 0 unspecified atom stereocenters. The van der Waals surface area contributed by atoms with Crippen molar-refractivity contribution in [3.63, 3.8) is 0 Å². The van der Waals surface area contributed by atoms with Crippen molar-refractivity contribution in [2.75, 3.05) is 5.32 Å². The monoisotopic (exact) mass is 317 g/mol. The molecule has 82 valence electrons. The summed E-state index contributed by atoms with van der Waals surface area (Å²) in [5.74, 6) is -0.321. The molecule has 0 spiro atoms. The topological polar surface area (TPSA) is 54.9 Å². The molecule has 1 aromatic heterocycles. The zero-order chi connectivity index (χ0) is 11.5. The number of benzene rings is 1. The zero-order valence-electron chi connectivity index (χ0n) is 7.78. The first-order valence-electron chi connectivity index (χ1n) is 4.21. The SMILES string of the molecule is O=C(Nc1ccc(Br)cc1Cl)c1cnsn1. The van der Waals surface area contributed by atoms with Crippen LogP contribution in [0.2, 0.25) is 5.02 Å². The number of nitrogens with zero attached hydrogens (tertiary/aromatic N) is 2. The molecule has 1 amide bonds. The van der Waals surface area contributed by atoms with Crippen molar-refractivity contribution in [3.8, 4) is 0 Å². The summed E-state index contributed by atoms with van der Waals surface area (Å²) in [5, 5.41) is 3.12. The van der Waals surface area contributed by atoms with E-state index in [1.54, 1.807) is 18.2 Å². The number of amides is 1. The third-order valence-electron chi connectivity index (χ3n) is 1.77. The predicted molar refractivity (Wildman–Crippen MR) is 67.0 cm³/mol. The molecular formula is C9H5BrClN3OS. The Labute approximate surface area is 109 Å². The summed E-state index contributed by atoms with van der Waals surface area (Å²) in [5.41, 5.74) is 0.826. The molecule has 0 aliphatic carbocycles. The Hall–Kier alpha value is -0.980. The Kier molecular flexibility index (Phi) is 3.52. The van der Waals surface area contributed by atoms with E-state index in [-0.39, 0.29) is 11.6 Å². The van der Waals surface area contributed by atoms with Crippen LogP contribution < -0.4 is 5.32 Å². The second-order valence-electron chi connectivity index (χ2n) is 2.87. The Morgan fingerprint density at radius 3 is 2.94 bits per heavy atom. The summed E-state index contributed by atoms with van der Waals surface area (Å²) in [7, 11) is 0. The smallest absolute Gasteiger partial charge is 0.277 e. The maximum atomic E-state index is 11.6. The molecule has 7 heteroatoms. The van der Waals surface area contributed by atoms with Gasteiger partial charge >= 0.3 is 0 Å². The summed E-state index contributed by atoms with van der Waals surface area (Å²) in [6.07, 6.45) is 1.41. The van der Waals surface area contributed by atoms with Crippen molar-refractivity contribution < 1.29 is 4.79 Å². The van der Waals surface area contributed by atoms with Gasteiger partial charge in [0, 0.05) is 4.47 Å². The lowest BCUT2D eigenvalue weighted by molar-refractivity contribution is 0.102.